The van der Waals surface area contributed by atoms with Crippen LogP contribution in [0.4, 0.5) is 17.1 Å². The van der Waals surface area contributed by atoms with Crippen LogP contribution in [-0.2, 0) is 14.8 Å². The number of anilines is 3. The third kappa shape index (κ3) is 3.14. The molecule has 1 amide bonds. The number of aryl methyl sites for hydroxylation is 1. The van der Waals surface area contributed by atoms with Crippen molar-refractivity contribution in [1.29, 1.82) is 0 Å². The minimum absolute atomic E-state index is 0.0375. The van der Waals surface area contributed by atoms with Crippen LogP contribution in [0.3, 0.4) is 0 Å². The molecule has 2 aromatic carbocycles. The summed E-state index contributed by atoms with van der Waals surface area (Å²) in [6.07, 6.45) is 0.679. The SMILES string of the molecule is CC[C@@H]1C(=O)N(C)c2ccc(NS(=O)(=O)c3ccc(C)cc3)cc2N1C. The molecule has 0 aromatic heterocycles. The topological polar surface area (TPSA) is 69.7 Å². The van der Waals surface area contributed by atoms with Crippen LogP contribution in [0.5, 0.6) is 0 Å². The Balaban J connectivity index is 1.95. The largest absolute Gasteiger partial charge is 0.361 e. The van der Waals surface area contributed by atoms with Crippen molar-refractivity contribution in [2.24, 2.45) is 0 Å². The van der Waals surface area contributed by atoms with Crippen molar-refractivity contribution in [2.75, 3.05) is 28.6 Å². The van der Waals surface area contributed by atoms with Gasteiger partial charge in [0, 0.05) is 14.1 Å². The minimum Gasteiger partial charge on any atom is -0.361 e. The third-order valence-corrected chi connectivity index (χ3v) is 6.17. The average molecular weight is 373 g/mol. The lowest BCUT2D eigenvalue weighted by Crippen LogP contribution is -2.50. The molecule has 0 radical (unpaired) electrons. The molecule has 1 heterocycles. The highest BCUT2D eigenvalue weighted by Crippen LogP contribution is 2.37. The predicted octanol–water partition coefficient (Wildman–Crippen LogP) is 2.99. The zero-order chi connectivity index (χ0) is 19.1. The number of carbonyl (C=O) groups excluding carboxylic acids is 1. The van der Waals surface area contributed by atoms with Gasteiger partial charge in [-0.1, -0.05) is 24.6 Å². The maximum atomic E-state index is 12.6. The molecular formula is C19H23N3O3S. The number of amides is 1. The normalized spacial score (nSPS) is 17.2. The van der Waals surface area contributed by atoms with E-state index in [0.717, 1.165) is 16.9 Å². The summed E-state index contributed by atoms with van der Waals surface area (Å²) < 4.78 is 27.8. The van der Waals surface area contributed by atoms with E-state index >= 15 is 0 Å². The third-order valence-electron chi connectivity index (χ3n) is 4.77. The molecule has 0 saturated carbocycles. The lowest BCUT2D eigenvalue weighted by Gasteiger charge is -2.39. The summed E-state index contributed by atoms with van der Waals surface area (Å²) in [7, 11) is -0.0662. The van der Waals surface area contributed by atoms with Gasteiger partial charge < -0.3 is 9.80 Å². The van der Waals surface area contributed by atoms with Crippen molar-refractivity contribution < 1.29 is 13.2 Å². The summed E-state index contributed by atoms with van der Waals surface area (Å²) in [5, 5.41) is 0. The van der Waals surface area contributed by atoms with E-state index in [1.54, 1.807) is 54.4 Å². The number of nitrogens with zero attached hydrogens (tertiary/aromatic N) is 2. The Morgan fingerprint density at radius 2 is 1.69 bits per heavy atom. The van der Waals surface area contributed by atoms with Crippen molar-refractivity contribution in [3.63, 3.8) is 0 Å². The first-order chi connectivity index (χ1) is 12.2. The van der Waals surface area contributed by atoms with Gasteiger partial charge in [-0.25, -0.2) is 8.42 Å². The number of nitrogens with one attached hydrogen (secondary N) is 1. The van der Waals surface area contributed by atoms with Crippen molar-refractivity contribution in [2.45, 2.75) is 31.2 Å². The van der Waals surface area contributed by atoms with Crippen LogP contribution in [0.2, 0.25) is 0 Å². The van der Waals surface area contributed by atoms with E-state index in [1.165, 1.54) is 0 Å². The van der Waals surface area contributed by atoms with E-state index in [9.17, 15) is 13.2 Å². The average Bonchev–Trinajstić information content (AvgIpc) is 2.60. The lowest BCUT2D eigenvalue weighted by atomic mass is 10.1. The number of rotatable bonds is 4. The molecule has 26 heavy (non-hydrogen) atoms. The van der Waals surface area contributed by atoms with Gasteiger partial charge in [-0.2, -0.15) is 0 Å². The summed E-state index contributed by atoms with van der Waals surface area (Å²) in [5.74, 6) is 0.0375. The molecule has 0 fully saturated rings. The lowest BCUT2D eigenvalue weighted by molar-refractivity contribution is -0.119. The first kappa shape index (κ1) is 18.3. The Morgan fingerprint density at radius 1 is 1.04 bits per heavy atom. The highest BCUT2D eigenvalue weighted by Gasteiger charge is 2.33. The van der Waals surface area contributed by atoms with Gasteiger partial charge in [-0.15, -0.1) is 0 Å². The molecule has 0 bridgehead atoms. The summed E-state index contributed by atoms with van der Waals surface area (Å²) in [6.45, 7) is 3.87. The fourth-order valence-electron chi connectivity index (χ4n) is 3.21. The number of likely N-dealkylation sites (N-methyl/N-ethyl adjacent to an activating group) is 2. The summed E-state index contributed by atoms with van der Waals surface area (Å²) in [5.41, 5.74) is 3.05. The number of sulfonamides is 1. The van der Waals surface area contributed by atoms with Gasteiger partial charge >= 0.3 is 0 Å². The van der Waals surface area contributed by atoms with Crippen LogP contribution in [0.1, 0.15) is 18.9 Å². The summed E-state index contributed by atoms with van der Waals surface area (Å²) in [6, 6.07) is 11.7. The van der Waals surface area contributed by atoms with Crippen molar-refractivity contribution in [3.05, 3.63) is 48.0 Å². The maximum Gasteiger partial charge on any atom is 0.261 e. The highest BCUT2D eigenvalue weighted by atomic mass is 32.2. The molecule has 0 aliphatic carbocycles. The number of carbonyl (C=O) groups is 1. The molecule has 2 aromatic rings. The van der Waals surface area contributed by atoms with Gasteiger partial charge in [-0.3, -0.25) is 9.52 Å². The van der Waals surface area contributed by atoms with Crippen LogP contribution in [-0.4, -0.2) is 34.5 Å². The van der Waals surface area contributed by atoms with Crippen LogP contribution in [0.15, 0.2) is 47.4 Å². The van der Waals surface area contributed by atoms with Crippen molar-refractivity contribution >= 4 is 33.0 Å². The second kappa shape index (κ2) is 6.64. The van der Waals surface area contributed by atoms with E-state index in [2.05, 4.69) is 4.72 Å². The van der Waals surface area contributed by atoms with Gasteiger partial charge in [0.05, 0.1) is 22.0 Å². The zero-order valence-electron chi connectivity index (χ0n) is 15.4. The van der Waals surface area contributed by atoms with E-state index in [-0.39, 0.29) is 16.8 Å². The van der Waals surface area contributed by atoms with Gasteiger partial charge in [0.25, 0.3) is 10.0 Å². The van der Waals surface area contributed by atoms with Gasteiger partial charge in [0.2, 0.25) is 5.91 Å². The molecule has 138 valence electrons. The van der Waals surface area contributed by atoms with Crippen LogP contribution in [0.25, 0.3) is 0 Å². The smallest absolute Gasteiger partial charge is 0.261 e. The first-order valence-corrected chi connectivity index (χ1v) is 9.97. The Labute approximate surface area is 154 Å². The quantitative estimate of drug-likeness (QED) is 0.894. The van der Waals surface area contributed by atoms with Crippen molar-refractivity contribution in [3.8, 4) is 0 Å². The molecule has 0 saturated heterocycles. The number of benzene rings is 2. The van der Waals surface area contributed by atoms with E-state index < -0.39 is 10.0 Å². The Morgan fingerprint density at radius 3 is 2.31 bits per heavy atom. The molecular weight excluding hydrogens is 350 g/mol. The predicted molar refractivity (Wildman–Crippen MR) is 104 cm³/mol. The Bertz CT molecular complexity index is 939. The molecule has 1 N–H and O–H groups in total. The van der Waals surface area contributed by atoms with E-state index in [4.69, 9.17) is 0 Å². The van der Waals surface area contributed by atoms with Gasteiger partial charge in [-0.05, 0) is 43.7 Å². The highest BCUT2D eigenvalue weighted by molar-refractivity contribution is 7.92. The van der Waals surface area contributed by atoms with E-state index in [1.807, 2.05) is 25.8 Å². The first-order valence-electron chi connectivity index (χ1n) is 8.48. The minimum atomic E-state index is -3.67. The molecule has 6 nitrogen and oxygen atoms in total. The second-order valence-corrected chi connectivity index (χ2v) is 8.24. The van der Waals surface area contributed by atoms with Crippen LogP contribution >= 0.6 is 0 Å². The molecule has 0 unspecified atom stereocenters. The van der Waals surface area contributed by atoms with Crippen LogP contribution < -0.4 is 14.5 Å². The standard InChI is InChI=1S/C19H23N3O3S/c1-5-16-19(23)22(4)17-11-8-14(12-18(17)21(16)3)20-26(24,25)15-9-6-13(2)7-10-15/h6-12,16,20H,5H2,1-4H3/t16-/m1/s1. The Kier molecular flexibility index (Phi) is 4.66. The number of fused-ring (bicyclic) bond motifs is 1. The van der Waals surface area contributed by atoms with Crippen LogP contribution in [0, 0.1) is 6.92 Å². The zero-order valence-corrected chi connectivity index (χ0v) is 16.2. The van der Waals surface area contributed by atoms with E-state index in [0.29, 0.717) is 12.1 Å². The summed E-state index contributed by atoms with van der Waals surface area (Å²) in [4.78, 5) is 16.2. The molecule has 0 spiro atoms. The molecule has 7 heteroatoms. The van der Waals surface area contributed by atoms with Crippen molar-refractivity contribution in [1.82, 2.24) is 0 Å². The summed E-state index contributed by atoms with van der Waals surface area (Å²) >= 11 is 0. The molecule has 3 rings (SSSR count). The fraction of sp³-hybridized carbons (Fsp3) is 0.316. The monoisotopic (exact) mass is 373 g/mol. The molecule has 1 aliphatic rings. The number of hydrogen-bond acceptors (Lipinski definition) is 4. The second-order valence-electron chi connectivity index (χ2n) is 6.55. The fourth-order valence-corrected chi connectivity index (χ4v) is 4.26. The molecule has 1 aliphatic heterocycles. The Hall–Kier alpha value is -2.54. The molecule has 1 atom stereocenters. The maximum absolute atomic E-state index is 12.6. The van der Waals surface area contributed by atoms with Gasteiger partial charge in [0.1, 0.15) is 6.04 Å². The van der Waals surface area contributed by atoms with Gasteiger partial charge in [0.15, 0.2) is 0 Å². The number of hydrogen-bond donors (Lipinski definition) is 1.